The average molecular weight is 280 g/mol. The molecule has 1 spiro atoms. The van der Waals surface area contributed by atoms with Crippen molar-refractivity contribution in [2.24, 2.45) is 5.92 Å². The number of piperazine rings is 1. The van der Waals surface area contributed by atoms with Crippen LogP contribution >= 0.6 is 0 Å². The van der Waals surface area contributed by atoms with Gasteiger partial charge in [-0.1, -0.05) is 53.4 Å². The lowest BCUT2D eigenvalue weighted by Crippen LogP contribution is -2.69. The first kappa shape index (κ1) is 16.3. The van der Waals surface area contributed by atoms with Crippen molar-refractivity contribution in [1.82, 2.24) is 10.2 Å². The molecule has 0 amide bonds. The van der Waals surface area contributed by atoms with E-state index in [4.69, 9.17) is 0 Å². The van der Waals surface area contributed by atoms with E-state index in [1.807, 2.05) is 0 Å². The lowest BCUT2D eigenvalue weighted by atomic mass is 9.81. The summed E-state index contributed by atoms with van der Waals surface area (Å²) in [7, 11) is 0. The number of nitrogens with zero attached hydrogens (tertiary/aromatic N) is 1. The summed E-state index contributed by atoms with van der Waals surface area (Å²) in [6, 6.07) is 0. The Bertz CT molecular complexity index is 286. The molecular weight excluding hydrogens is 244 g/mol. The second-order valence-corrected chi connectivity index (χ2v) is 7.34. The van der Waals surface area contributed by atoms with Crippen molar-refractivity contribution in [3.63, 3.8) is 0 Å². The van der Waals surface area contributed by atoms with Crippen molar-refractivity contribution in [1.29, 1.82) is 0 Å². The van der Waals surface area contributed by atoms with Gasteiger partial charge in [0.2, 0.25) is 0 Å². The predicted molar refractivity (Wildman–Crippen MR) is 88.2 cm³/mol. The van der Waals surface area contributed by atoms with Crippen molar-refractivity contribution in [2.45, 2.75) is 90.1 Å². The summed E-state index contributed by atoms with van der Waals surface area (Å²) < 4.78 is 0. The van der Waals surface area contributed by atoms with E-state index in [2.05, 4.69) is 37.9 Å². The first-order valence-electron chi connectivity index (χ1n) is 9.13. The zero-order chi connectivity index (χ0) is 14.6. The fraction of sp³-hybridized carbons (Fsp3) is 1.00. The first-order chi connectivity index (χ1) is 9.63. The van der Waals surface area contributed by atoms with Gasteiger partial charge in [0, 0.05) is 30.7 Å². The van der Waals surface area contributed by atoms with Gasteiger partial charge in [-0.15, -0.1) is 0 Å². The lowest BCUT2D eigenvalue weighted by Gasteiger charge is -2.54. The van der Waals surface area contributed by atoms with Crippen molar-refractivity contribution in [2.75, 3.05) is 19.6 Å². The molecule has 0 radical (unpaired) electrons. The molecule has 0 aromatic carbocycles. The molecule has 0 bridgehead atoms. The number of hydrogen-bond acceptors (Lipinski definition) is 2. The summed E-state index contributed by atoms with van der Waals surface area (Å²) >= 11 is 0. The molecular formula is C18H36N2. The first-order valence-corrected chi connectivity index (χ1v) is 9.13. The molecule has 1 N–H and O–H groups in total. The summed E-state index contributed by atoms with van der Waals surface area (Å²) in [4.78, 5) is 2.90. The topological polar surface area (TPSA) is 15.3 Å². The molecule has 0 aromatic rings. The summed E-state index contributed by atoms with van der Waals surface area (Å²) in [5.74, 6) is 0.879. The summed E-state index contributed by atoms with van der Waals surface area (Å²) in [5, 5.41) is 3.98. The Morgan fingerprint density at radius 2 is 1.60 bits per heavy atom. The van der Waals surface area contributed by atoms with Crippen molar-refractivity contribution in [3.8, 4) is 0 Å². The van der Waals surface area contributed by atoms with Gasteiger partial charge >= 0.3 is 0 Å². The van der Waals surface area contributed by atoms with Crippen LogP contribution in [0.3, 0.4) is 0 Å². The van der Waals surface area contributed by atoms with Gasteiger partial charge in [-0.3, -0.25) is 4.90 Å². The largest absolute Gasteiger partial charge is 0.308 e. The molecule has 1 saturated heterocycles. The lowest BCUT2D eigenvalue weighted by molar-refractivity contribution is -0.0114. The van der Waals surface area contributed by atoms with E-state index in [0.717, 1.165) is 5.92 Å². The van der Waals surface area contributed by atoms with Crippen LogP contribution in [0.1, 0.15) is 79.1 Å². The molecule has 2 aliphatic rings. The molecule has 0 unspecified atom stereocenters. The Morgan fingerprint density at radius 1 is 1.00 bits per heavy atom. The van der Waals surface area contributed by atoms with Crippen LogP contribution < -0.4 is 5.32 Å². The summed E-state index contributed by atoms with van der Waals surface area (Å²) in [6.45, 7) is 13.3. The van der Waals surface area contributed by atoms with Crippen LogP contribution in [0.25, 0.3) is 0 Å². The summed E-state index contributed by atoms with van der Waals surface area (Å²) in [5.41, 5.74) is 0.871. The van der Waals surface area contributed by atoms with E-state index in [9.17, 15) is 0 Å². The molecule has 1 saturated carbocycles. The number of rotatable bonds is 6. The zero-order valence-electron chi connectivity index (χ0n) is 14.3. The molecule has 2 fully saturated rings. The highest BCUT2D eigenvalue weighted by molar-refractivity contribution is 5.06. The van der Waals surface area contributed by atoms with Crippen LogP contribution in [0.5, 0.6) is 0 Å². The Hall–Kier alpha value is -0.0800. The highest BCUT2D eigenvalue weighted by Gasteiger charge is 2.46. The van der Waals surface area contributed by atoms with Crippen LogP contribution in [-0.4, -0.2) is 35.6 Å². The van der Waals surface area contributed by atoms with Crippen LogP contribution in [0.2, 0.25) is 0 Å². The van der Waals surface area contributed by atoms with E-state index in [0.29, 0.717) is 11.1 Å². The second kappa shape index (κ2) is 6.79. The van der Waals surface area contributed by atoms with Crippen molar-refractivity contribution < 1.29 is 0 Å². The molecule has 0 atom stereocenters. The normalized spacial score (nSPS) is 25.6. The van der Waals surface area contributed by atoms with Gasteiger partial charge in [-0.25, -0.2) is 0 Å². The fourth-order valence-electron chi connectivity index (χ4n) is 4.50. The molecule has 0 aromatic heterocycles. The minimum atomic E-state index is 0.413. The minimum Gasteiger partial charge on any atom is -0.308 e. The molecule has 2 rings (SSSR count). The smallest absolute Gasteiger partial charge is 0.0329 e. The standard InChI is InChI=1S/C18H36N2/c1-5-16(6-2)13-20-15-17(11-9-10-12-17)19-14-18(20,7-3)8-4/h16,19H,5-15H2,1-4H3. The van der Waals surface area contributed by atoms with E-state index < -0.39 is 0 Å². The third-order valence-corrected chi connectivity index (χ3v) is 6.47. The second-order valence-electron chi connectivity index (χ2n) is 7.34. The van der Waals surface area contributed by atoms with Gasteiger partial charge in [0.15, 0.2) is 0 Å². The van der Waals surface area contributed by atoms with Gasteiger partial charge in [0.05, 0.1) is 0 Å². The molecule has 20 heavy (non-hydrogen) atoms. The quantitative estimate of drug-likeness (QED) is 0.784. The minimum absolute atomic E-state index is 0.413. The maximum absolute atomic E-state index is 3.98. The molecule has 1 aliphatic heterocycles. The van der Waals surface area contributed by atoms with Gasteiger partial charge in [-0.05, 0) is 31.6 Å². The maximum Gasteiger partial charge on any atom is 0.0329 e. The highest BCUT2D eigenvalue weighted by Crippen LogP contribution is 2.38. The van der Waals surface area contributed by atoms with Crippen molar-refractivity contribution >= 4 is 0 Å². The van der Waals surface area contributed by atoms with Crippen LogP contribution in [0.4, 0.5) is 0 Å². The van der Waals surface area contributed by atoms with Gasteiger partial charge in [-0.2, -0.15) is 0 Å². The van der Waals surface area contributed by atoms with E-state index >= 15 is 0 Å². The maximum atomic E-state index is 3.98. The number of nitrogens with one attached hydrogen (secondary N) is 1. The monoisotopic (exact) mass is 280 g/mol. The third kappa shape index (κ3) is 3.06. The van der Waals surface area contributed by atoms with Gasteiger partial charge in [0.25, 0.3) is 0 Å². The van der Waals surface area contributed by atoms with Gasteiger partial charge in [0.1, 0.15) is 0 Å². The molecule has 2 nitrogen and oxygen atoms in total. The predicted octanol–water partition coefficient (Wildman–Crippen LogP) is 4.20. The molecule has 2 heteroatoms. The molecule has 1 aliphatic carbocycles. The Kier molecular flexibility index (Phi) is 5.53. The summed E-state index contributed by atoms with van der Waals surface area (Å²) in [6.07, 6.45) is 10.9. The van der Waals surface area contributed by atoms with Crippen molar-refractivity contribution in [3.05, 3.63) is 0 Å². The highest BCUT2D eigenvalue weighted by atomic mass is 15.3. The Balaban J connectivity index is 2.14. The Labute approximate surface area is 126 Å². The van der Waals surface area contributed by atoms with E-state index in [-0.39, 0.29) is 0 Å². The van der Waals surface area contributed by atoms with Crippen LogP contribution in [-0.2, 0) is 0 Å². The number of hydrogen-bond donors (Lipinski definition) is 1. The molecule has 118 valence electrons. The fourth-order valence-corrected chi connectivity index (χ4v) is 4.50. The van der Waals surface area contributed by atoms with E-state index in [1.165, 1.54) is 71.0 Å². The van der Waals surface area contributed by atoms with Gasteiger partial charge < -0.3 is 5.32 Å². The third-order valence-electron chi connectivity index (χ3n) is 6.47. The van der Waals surface area contributed by atoms with Crippen LogP contribution in [0.15, 0.2) is 0 Å². The zero-order valence-corrected chi connectivity index (χ0v) is 14.3. The van der Waals surface area contributed by atoms with Crippen LogP contribution in [0, 0.1) is 5.92 Å². The molecule has 1 heterocycles. The Morgan fingerprint density at radius 3 is 2.10 bits per heavy atom. The van der Waals surface area contributed by atoms with E-state index in [1.54, 1.807) is 0 Å². The average Bonchev–Trinajstić information content (AvgIpc) is 2.94. The SMILES string of the molecule is CCC(CC)CN1CC2(CCCC2)NCC1(CC)CC.